The summed E-state index contributed by atoms with van der Waals surface area (Å²) in [5.74, 6) is -0.495. The van der Waals surface area contributed by atoms with Crippen LogP contribution in [0.2, 0.25) is 5.02 Å². The minimum atomic E-state index is -0.936. The van der Waals surface area contributed by atoms with Gasteiger partial charge in [0.25, 0.3) is 5.91 Å². The predicted octanol–water partition coefficient (Wildman–Crippen LogP) is 4.41. The SMILES string of the molecule is CCCOc1c(Cl)cc(C(=O)Nc2cccc(CC(=O)O)c2)cc1OCC. The highest BCUT2D eigenvalue weighted by molar-refractivity contribution is 6.32. The number of carboxylic acids is 1. The van der Waals surface area contributed by atoms with Gasteiger partial charge < -0.3 is 19.9 Å². The molecule has 0 spiro atoms. The normalized spacial score (nSPS) is 10.3. The number of anilines is 1. The number of benzene rings is 2. The molecule has 7 heteroatoms. The molecular formula is C20H22ClNO5. The van der Waals surface area contributed by atoms with Gasteiger partial charge in [-0.15, -0.1) is 0 Å². The number of hydrogen-bond donors (Lipinski definition) is 2. The molecule has 0 saturated heterocycles. The van der Waals surface area contributed by atoms with E-state index >= 15 is 0 Å². The van der Waals surface area contributed by atoms with E-state index in [2.05, 4.69) is 5.32 Å². The van der Waals surface area contributed by atoms with Crippen molar-refractivity contribution in [3.63, 3.8) is 0 Å². The van der Waals surface area contributed by atoms with Gasteiger partial charge in [-0.3, -0.25) is 9.59 Å². The van der Waals surface area contributed by atoms with Crippen molar-refractivity contribution >= 4 is 29.2 Å². The second kappa shape index (κ2) is 9.83. The summed E-state index contributed by atoms with van der Waals surface area (Å²) >= 11 is 6.29. The zero-order valence-electron chi connectivity index (χ0n) is 15.3. The van der Waals surface area contributed by atoms with E-state index in [4.69, 9.17) is 26.2 Å². The number of rotatable bonds is 9. The molecule has 0 unspecified atom stereocenters. The van der Waals surface area contributed by atoms with E-state index in [0.29, 0.717) is 46.5 Å². The molecule has 0 aliphatic carbocycles. The Kier molecular flexibility index (Phi) is 7.49. The summed E-state index contributed by atoms with van der Waals surface area (Å²) in [6.45, 7) is 4.70. The average Bonchev–Trinajstić information content (AvgIpc) is 2.61. The number of carbonyl (C=O) groups excluding carboxylic acids is 1. The monoisotopic (exact) mass is 391 g/mol. The Morgan fingerprint density at radius 1 is 1.15 bits per heavy atom. The molecule has 0 atom stereocenters. The molecule has 0 saturated carbocycles. The third-order valence-corrected chi connectivity index (χ3v) is 3.84. The average molecular weight is 392 g/mol. The van der Waals surface area contributed by atoms with Gasteiger partial charge in [0, 0.05) is 11.3 Å². The van der Waals surface area contributed by atoms with E-state index in [1.165, 1.54) is 6.07 Å². The van der Waals surface area contributed by atoms with E-state index in [-0.39, 0.29) is 12.3 Å². The number of nitrogens with one attached hydrogen (secondary N) is 1. The molecular weight excluding hydrogens is 370 g/mol. The first-order valence-corrected chi connectivity index (χ1v) is 9.03. The van der Waals surface area contributed by atoms with Gasteiger partial charge in [-0.05, 0) is 43.2 Å². The van der Waals surface area contributed by atoms with Crippen LogP contribution in [-0.2, 0) is 11.2 Å². The maximum Gasteiger partial charge on any atom is 0.307 e. The fourth-order valence-corrected chi connectivity index (χ4v) is 2.71. The Hall–Kier alpha value is -2.73. The fourth-order valence-electron chi connectivity index (χ4n) is 2.44. The van der Waals surface area contributed by atoms with Crippen molar-refractivity contribution < 1.29 is 24.2 Å². The van der Waals surface area contributed by atoms with Gasteiger partial charge >= 0.3 is 5.97 Å². The van der Waals surface area contributed by atoms with Crippen molar-refractivity contribution in [2.45, 2.75) is 26.7 Å². The number of hydrogen-bond acceptors (Lipinski definition) is 4. The van der Waals surface area contributed by atoms with Gasteiger partial charge in [-0.25, -0.2) is 0 Å². The molecule has 2 N–H and O–H groups in total. The first-order valence-electron chi connectivity index (χ1n) is 8.65. The van der Waals surface area contributed by atoms with Crippen LogP contribution in [0.3, 0.4) is 0 Å². The Labute approximate surface area is 163 Å². The second-order valence-corrected chi connectivity index (χ2v) is 6.20. The third kappa shape index (κ3) is 5.89. The van der Waals surface area contributed by atoms with Crippen LogP contribution in [0.1, 0.15) is 36.2 Å². The highest BCUT2D eigenvalue weighted by Gasteiger charge is 2.16. The summed E-state index contributed by atoms with van der Waals surface area (Å²) in [6, 6.07) is 9.78. The topological polar surface area (TPSA) is 84.9 Å². The predicted molar refractivity (Wildman–Crippen MR) is 104 cm³/mol. The van der Waals surface area contributed by atoms with Crippen LogP contribution in [0.25, 0.3) is 0 Å². The molecule has 0 radical (unpaired) electrons. The van der Waals surface area contributed by atoms with Crippen LogP contribution in [0.5, 0.6) is 11.5 Å². The second-order valence-electron chi connectivity index (χ2n) is 5.79. The van der Waals surface area contributed by atoms with Crippen molar-refractivity contribution in [1.82, 2.24) is 0 Å². The van der Waals surface area contributed by atoms with Crippen molar-refractivity contribution in [3.8, 4) is 11.5 Å². The minimum absolute atomic E-state index is 0.118. The smallest absolute Gasteiger partial charge is 0.307 e. The molecule has 0 fully saturated rings. The van der Waals surface area contributed by atoms with Crippen molar-refractivity contribution in [2.24, 2.45) is 0 Å². The van der Waals surface area contributed by atoms with Gasteiger partial charge in [0.2, 0.25) is 0 Å². The van der Waals surface area contributed by atoms with Crippen LogP contribution in [0.15, 0.2) is 36.4 Å². The number of amides is 1. The molecule has 2 aromatic carbocycles. The molecule has 0 heterocycles. The molecule has 0 aliphatic rings. The molecule has 6 nitrogen and oxygen atoms in total. The van der Waals surface area contributed by atoms with E-state index in [9.17, 15) is 9.59 Å². The largest absolute Gasteiger partial charge is 0.490 e. The van der Waals surface area contributed by atoms with Crippen LogP contribution in [-0.4, -0.2) is 30.2 Å². The Morgan fingerprint density at radius 2 is 1.93 bits per heavy atom. The number of halogens is 1. The lowest BCUT2D eigenvalue weighted by atomic mass is 10.1. The summed E-state index contributed by atoms with van der Waals surface area (Å²) in [7, 11) is 0. The van der Waals surface area contributed by atoms with Gasteiger partial charge in [0.05, 0.1) is 24.7 Å². The van der Waals surface area contributed by atoms with E-state index in [0.717, 1.165) is 6.42 Å². The van der Waals surface area contributed by atoms with E-state index in [1.54, 1.807) is 30.3 Å². The van der Waals surface area contributed by atoms with Crippen molar-refractivity contribution in [2.75, 3.05) is 18.5 Å². The van der Waals surface area contributed by atoms with Crippen molar-refractivity contribution in [3.05, 3.63) is 52.5 Å². The number of carboxylic acid groups (broad SMARTS) is 1. The van der Waals surface area contributed by atoms with Crippen LogP contribution in [0, 0.1) is 0 Å². The summed E-state index contributed by atoms with van der Waals surface area (Å²) in [5.41, 5.74) is 1.41. The fraction of sp³-hybridized carbons (Fsp3) is 0.300. The maximum absolute atomic E-state index is 12.6. The lowest BCUT2D eigenvalue weighted by Crippen LogP contribution is -2.13. The zero-order chi connectivity index (χ0) is 19.8. The van der Waals surface area contributed by atoms with Gasteiger partial charge in [0.1, 0.15) is 0 Å². The molecule has 2 aromatic rings. The molecule has 0 bridgehead atoms. The maximum atomic E-state index is 12.6. The van der Waals surface area contributed by atoms with E-state index in [1.807, 2.05) is 13.8 Å². The molecule has 1 amide bonds. The van der Waals surface area contributed by atoms with Gasteiger partial charge in [-0.1, -0.05) is 30.7 Å². The molecule has 0 aliphatic heterocycles. The van der Waals surface area contributed by atoms with E-state index < -0.39 is 5.97 Å². The third-order valence-electron chi connectivity index (χ3n) is 3.56. The summed E-state index contributed by atoms with van der Waals surface area (Å²) in [6.07, 6.45) is 0.699. The Balaban J connectivity index is 2.24. The number of carbonyl (C=O) groups is 2. The van der Waals surface area contributed by atoms with Gasteiger partial charge in [-0.2, -0.15) is 0 Å². The minimum Gasteiger partial charge on any atom is -0.490 e. The summed E-state index contributed by atoms with van der Waals surface area (Å²) in [5, 5.41) is 11.9. The molecule has 0 aromatic heterocycles. The Morgan fingerprint density at radius 3 is 2.59 bits per heavy atom. The van der Waals surface area contributed by atoms with Crippen molar-refractivity contribution in [1.29, 1.82) is 0 Å². The summed E-state index contributed by atoms with van der Waals surface area (Å²) in [4.78, 5) is 23.4. The molecule has 27 heavy (non-hydrogen) atoms. The quantitative estimate of drug-likeness (QED) is 0.661. The molecule has 144 valence electrons. The van der Waals surface area contributed by atoms with Crippen LogP contribution >= 0.6 is 11.6 Å². The lowest BCUT2D eigenvalue weighted by molar-refractivity contribution is -0.136. The molecule has 2 rings (SSSR count). The first-order chi connectivity index (χ1) is 12.9. The van der Waals surface area contributed by atoms with Gasteiger partial charge in [0.15, 0.2) is 11.5 Å². The standard InChI is InChI=1S/C20H22ClNO5/c1-3-8-27-19-16(21)11-14(12-17(19)26-4-2)20(25)22-15-7-5-6-13(9-15)10-18(23)24/h5-7,9,11-12H,3-4,8,10H2,1-2H3,(H,22,25)(H,23,24). The first kappa shape index (κ1) is 20.6. The van der Waals surface area contributed by atoms with Crippen LogP contribution in [0.4, 0.5) is 5.69 Å². The van der Waals surface area contributed by atoms with Crippen LogP contribution < -0.4 is 14.8 Å². The Bertz CT molecular complexity index is 822. The number of aliphatic carboxylic acids is 1. The lowest BCUT2D eigenvalue weighted by Gasteiger charge is -2.15. The number of ether oxygens (including phenoxy) is 2. The summed E-state index contributed by atoms with van der Waals surface area (Å²) < 4.78 is 11.2. The highest BCUT2D eigenvalue weighted by atomic mass is 35.5. The highest BCUT2D eigenvalue weighted by Crippen LogP contribution is 2.37. The zero-order valence-corrected chi connectivity index (χ0v) is 16.0.